The number of amides is 1. The molecule has 0 unspecified atom stereocenters. The van der Waals surface area contributed by atoms with E-state index >= 15 is 0 Å². The van der Waals surface area contributed by atoms with Gasteiger partial charge in [0.2, 0.25) is 10.7 Å². The van der Waals surface area contributed by atoms with Gasteiger partial charge in [-0.1, -0.05) is 0 Å². The fourth-order valence-corrected chi connectivity index (χ4v) is 1.92. The first kappa shape index (κ1) is 18.3. The maximum Gasteiger partial charge on any atom is 0.355 e. The standard InChI is InChI=1S/C6H7NO6S.2Ag/c1-2-13-6(10)4-3(8)5(9)7-14(4,11)12;;/h8H,2H2,1H3,(H,7,9);;. The number of aliphatic hydroxyl groups is 1. The molecule has 2 N–H and O–H groups in total. The second kappa shape index (κ2) is 6.60. The SMILES string of the molecule is CCOC(=O)C1=C(O)C(=O)NS1(=O)=O.[Ag].[Ag]. The summed E-state index contributed by atoms with van der Waals surface area (Å²) in [4.78, 5) is 20.7. The molecule has 0 saturated heterocycles. The number of esters is 1. The zero-order valence-electron chi connectivity index (χ0n) is 7.71. The van der Waals surface area contributed by atoms with Crippen molar-refractivity contribution in [3.8, 4) is 0 Å². The van der Waals surface area contributed by atoms with E-state index in [1.807, 2.05) is 0 Å². The van der Waals surface area contributed by atoms with Crippen LogP contribution in [0.2, 0.25) is 0 Å². The first-order chi connectivity index (χ1) is 6.40. The first-order valence-electron chi connectivity index (χ1n) is 3.57. The Labute approximate surface area is 123 Å². The second-order valence-corrected chi connectivity index (χ2v) is 3.95. The summed E-state index contributed by atoms with van der Waals surface area (Å²) in [5, 5.41) is 8.98. The van der Waals surface area contributed by atoms with E-state index in [0.717, 1.165) is 0 Å². The largest absolute Gasteiger partial charge is 0.502 e. The van der Waals surface area contributed by atoms with E-state index in [9.17, 15) is 18.0 Å². The van der Waals surface area contributed by atoms with Crippen LogP contribution in [0.15, 0.2) is 10.7 Å². The monoisotopic (exact) mass is 435 g/mol. The molecule has 0 atom stereocenters. The summed E-state index contributed by atoms with van der Waals surface area (Å²) in [5.41, 5.74) is 0. The number of hydrogen-bond donors (Lipinski definition) is 2. The molecule has 0 aliphatic carbocycles. The van der Waals surface area contributed by atoms with E-state index < -0.39 is 32.6 Å². The topological polar surface area (TPSA) is 110 Å². The zero-order valence-corrected chi connectivity index (χ0v) is 11.5. The van der Waals surface area contributed by atoms with Gasteiger partial charge < -0.3 is 9.84 Å². The fourth-order valence-electron chi connectivity index (χ4n) is 0.855. The number of carbonyl (C=O) groups excluding carboxylic acids is 2. The summed E-state index contributed by atoms with van der Waals surface area (Å²) < 4.78 is 27.9. The van der Waals surface area contributed by atoms with Crippen LogP contribution in [-0.2, 0) is 69.1 Å². The summed E-state index contributed by atoms with van der Waals surface area (Å²) in [6.07, 6.45) is 0. The molecule has 10 heteroatoms. The molecular weight excluding hydrogens is 430 g/mol. The summed E-state index contributed by atoms with van der Waals surface area (Å²) in [5.74, 6) is -3.61. The molecule has 0 aromatic carbocycles. The number of carbonyl (C=O) groups is 2. The summed E-state index contributed by atoms with van der Waals surface area (Å²) in [7, 11) is -4.25. The van der Waals surface area contributed by atoms with Crippen LogP contribution in [0.1, 0.15) is 6.92 Å². The third-order valence-corrected chi connectivity index (χ3v) is 2.74. The van der Waals surface area contributed by atoms with E-state index in [4.69, 9.17) is 5.11 Å². The van der Waals surface area contributed by atoms with Crippen LogP contribution >= 0.6 is 0 Å². The molecule has 16 heavy (non-hydrogen) atoms. The molecule has 0 aromatic rings. The smallest absolute Gasteiger partial charge is 0.355 e. The van der Waals surface area contributed by atoms with Crippen molar-refractivity contribution in [1.82, 2.24) is 4.72 Å². The Morgan fingerprint density at radius 1 is 1.44 bits per heavy atom. The van der Waals surface area contributed by atoms with Gasteiger partial charge in [0, 0.05) is 44.8 Å². The average Bonchev–Trinajstić information content (AvgIpc) is 2.21. The molecule has 1 rings (SSSR count). The number of nitrogens with one attached hydrogen (secondary N) is 1. The normalized spacial score (nSPS) is 16.9. The van der Waals surface area contributed by atoms with Crippen LogP contribution in [0, 0.1) is 0 Å². The van der Waals surface area contributed by atoms with Gasteiger partial charge in [-0.3, -0.25) is 4.79 Å². The average molecular weight is 437 g/mol. The minimum absolute atomic E-state index is 0. The Morgan fingerprint density at radius 2 is 1.94 bits per heavy atom. The van der Waals surface area contributed by atoms with Crippen LogP contribution in [0.25, 0.3) is 0 Å². The Kier molecular flexibility index (Phi) is 7.54. The van der Waals surface area contributed by atoms with Gasteiger partial charge in [0.1, 0.15) is 0 Å². The predicted molar refractivity (Wildman–Crippen MR) is 43.4 cm³/mol. The van der Waals surface area contributed by atoms with Crippen molar-refractivity contribution in [3.63, 3.8) is 0 Å². The van der Waals surface area contributed by atoms with Crippen molar-refractivity contribution in [2.45, 2.75) is 6.92 Å². The van der Waals surface area contributed by atoms with E-state index in [0.29, 0.717) is 0 Å². The number of hydrogen-bond acceptors (Lipinski definition) is 6. The predicted octanol–water partition coefficient (Wildman–Crippen LogP) is -1.23. The summed E-state index contributed by atoms with van der Waals surface area (Å²) in [6.45, 7) is 1.41. The van der Waals surface area contributed by atoms with E-state index in [1.54, 1.807) is 0 Å². The molecule has 1 heterocycles. The van der Waals surface area contributed by atoms with Gasteiger partial charge in [0.05, 0.1) is 6.61 Å². The molecule has 7 nitrogen and oxygen atoms in total. The molecular formula is C6H7Ag2NO6S. The van der Waals surface area contributed by atoms with Gasteiger partial charge in [0.25, 0.3) is 10.0 Å². The molecule has 2 radical (unpaired) electrons. The maximum absolute atomic E-state index is 11.0. The molecule has 100 valence electrons. The van der Waals surface area contributed by atoms with Gasteiger partial charge in [0.15, 0.2) is 0 Å². The molecule has 1 aliphatic rings. The Bertz CT molecular complexity index is 428. The van der Waals surface area contributed by atoms with Crippen molar-refractivity contribution in [2.24, 2.45) is 0 Å². The molecule has 1 amide bonds. The van der Waals surface area contributed by atoms with Crippen LogP contribution in [0.5, 0.6) is 0 Å². The number of sulfonamides is 1. The quantitative estimate of drug-likeness (QED) is 0.414. The Balaban J connectivity index is 0. The van der Waals surface area contributed by atoms with Crippen LogP contribution in [0.4, 0.5) is 0 Å². The minimum atomic E-state index is -4.25. The maximum atomic E-state index is 11.0. The van der Waals surface area contributed by atoms with Crippen molar-refractivity contribution < 1.29 is 72.6 Å². The van der Waals surface area contributed by atoms with Crippen molar-refractivity contribution in [1.29, 1.82) is 0 Å². The van der Waals surface area contributed by atoms with Gasteiger partial charge in [-0.2, -0.15) is 0 Å². The van der Waals surface area contributed by atoms with Gasteiger partial charge in [-0.25, -0.2) is 17.9 Å². The third-order valence-electron chi connectivity index (χ3n) is 1.39. The Hall–Kier alpha value is -0.0895. The van der Waals surface area contributed by atoms with E-state index in [2.05, 4.69) is 4.74 Å². The van der Waals surface area contributed by atoms with E-state index in [1.165, 1.54) is 11.6 Å². The van der Waals surface area contributed by atoms with Crippen LogP contribution in [-0.4, -0.2) is 32.0 Å². The second-order valence-electron chi connectivity index (χ2n) is 2.33. The van der Waals surface area contributed by atoms with Crippen LogP contribution < -0.4 is 4.72 Å². The van der Waals surface area contributed by atoms with Crippen LogP contribution in [0.3, 0.4) is 0 Å². The molecule has 0 spiro atoms. The molecule has 0 saturated carbocycles. The molecule has 0 bridgehead atoms. The molecule has 1 aliphatic heterocycles. The third kappa shape index (κ3) is 3.45. The number of aliphatic hydroxyl groups excluding tert-OH is 1. The van der Waals surface area contributed by atoms with Crippen molar-refractivity contribution in [3.05, 3.63) is 10.7 Å². The Morgan fingerprint density at radius 3 is 2.25 bits per heavy atom. The van der Waals surface area contributed by atoms with E-state index in [-0.39, 0.29) is 51.4 Å². The summed E-state index contributed by atoms with van der Waals surface area (Å²) in [6, 6.07) is 0. The fraction of sp³-hybridized carbons (Fsp3) is 0.333. The molecule has 0 fully saturated rings. The molecule has 0 aromatic heterocycles. The minimum Gasteiger partial charge on any atom is -0.502 e. The first-order valence-corrected chi connectivity index (χ1v) is 5.06. The zero-order chi connectivity index (χ0) is 10.9. The van der Waals surface area contributed by atoms with Gasteiger partial charge >= 0.3 is 11.9 Å². The number of ether oxygens (including phenoxy) is 1. The van der Waals surface area contributed by atoms with Crippen molar-refractivity contribution in [2.75, 3.05) is 6.61 Å². The van der Waals surface area contributed by atoms with Gasteiger partial charge in [-0.15, -0.1) is 0 Å². The summed E-state index contributed by atoms with van der Waals surface area (Å²) >= 11 is 0. The number of rotatable bonds is 2. The van der Waals surface area contributed by atoms with Crippen molar-refractivity contribution >= 4 is 21.9 Å². The van der Waals surface area contributed by atoms with Gasteiger partial charge in [-0.05, 0) is 6.92 Å².